The van der Waals surface area contributed by atoms with E-state index in [1.165, 1.54) is 0 Å². The lowest BCUT2D eigenvalue weighted by Crippen LogP contribution is -2.59. The molecule has 0 aromatic carbocycles. The smallest absolute Gasteiger partial charge is 0.335 e. The molecule has 0 unspecified atom stereocenters. The summed E-state index contributed by atoms with van der Waals surface area (Å²) in [7, 11) is 0. The van der Waals surface area contributed by atoms with Gasteiger partial charge in [-0.05, 0) is 12.8 Å². The van der Waals surface area contributed by atoms with E-state index in [9.17, 15) is 76.7 Å². The van der Waals surface area contributed by atoms with E-state index in [0.717, 1.165) is 4.90 Å². The largest absolute Gasteiger partial charge is 0.379 e. The van der Waals surface area contributed by atoms with Gasteiger partial charge in [0.25, 0.3) is 35.4 Å². The van der Waals surface area contributed by atoms with E-state index in [-0.39, 0.29) is 388 Å². The second kappa shape index (κ2) is 91.4. The zero-order valence-corrected chi connectivity index (χ0v) is 85.0. The van der Waals surface area contributed by atoms with Crippen LogP contribution in [0.1, 0.15) is 128 Å². The predicted molar refractivity (Wildman–Crippen MR) is 502 cm³/mol. The van der Waals surface area contributed by atoms with Crippen LogP contribution in [0.25, 0.3) is 0 Å². The summed E-state index contributed by atoms with van der Waals surface area (Å²) in [5.41, 5.74) is -1.42. The van der Waals surface area contributed by atoms with Crippen LogP contribution in [0.4, 0.5) is 0 Å². The molecule has 147 heavy (non-hydrogen) atoms. The van der Waals surface area contributed by atoms with Crippen LogP contribution in [0, 0.1) is 0 Å². The molecule has 4 rings (SSSR count). The highest BCUT2D eigenvalue weighted by Gasteiger charge is 2.38. The average Bonchev–Trinajstić information content (AvgIpc) is 1.86. The van der Waals surface area contributed by atoms with E-state index in [4.69, 9.17) is 142 Å². The minimum Gasteiger partial charge on any atom is -0.379 e. The zero-order chi connectivity index (χ0) is 106. The van der Waals surface area contributed by atoms with Crippen molar-refractivity contribution in [3.05, 3.63) is 0 Å². The Morgan fingerprint density at radius 3 is 0.639 bits per heavy atom. The molecule has 11 amide bonds. The SMILES string of the molecule is O=C(CCCOCCOCCOCCOCCC(=O)ON1C(=O)CCC1=O)CCOCC(COCCC(=O)CCCOCCOCCOCCOCCC(=O)ON1C(=O)CCC1=O)(COCCC(=O)NCCOCCOCCOCCOCCC(=O)ON1C(=O)CCC1=O)NC(=O)CCOCCOCCOCCOCCOCCOCCOCCOCCOCCOCCOCCOCCNC(=O)CCN1C(=O)CCC1=O. The third-order valence-corrected chi connectivity index (χ3v) is 20.3. The van der Waals surface area contributed by atoms with Gasteiger partial charge in [-0.2, -0.15) is 0 Å². The van der Waals surface area contributed by atoms with Crippen molar-refractivity contribution in [2.45, 2.75) is 134 Å². The van der Waals surface area contributed by atoms with Crippen molar-refractivity contribution < 1.29 is 219 Å². The molecule has 844 valence electrons. The summed E-state index contributed by atoms with van der Waals surface area (Å²) in [4.78, 5) is 210. The molecule has 0 spiro atoms. The molecule has 0 saturated carbocycles. The third-order valence-electron chi connectivity index (χ3n) is 20.3. The Kier molecular flexibility index (Phi) is 81.4. The van der Waals surface area contributed by atoms with Gasteiger partial charge in [-0.25, -0.2) is 14.4 Å². The van der Waals surface area contributed by atoms with E-state index >= 15 is 0 Å². The van der Waals surface area contributed by atoms with Gasteiger partial charge in [-0.1, -0.05) is 0 Å². The molecule has 53 heteroatoms. The second-order valence-corrected chi connectivity index (χ2v) is 32.2. The summed E-state index contributed by atoms with van der Waals surface area (Å²) < 4.78 is 151. The van der Waals surface area contributed by atoms with Gasteiger partial charge in [0.2, 0.25) is 29.5 Å². The summed E-state index contributed by atoms with van der Waals surface area (Å²) >= 11 is 0. The molecule has 0 atom stereocenters. The maximum atomic E-state index is 13.9. The van der Waals surface area contributed by atoms with E-state index in [1.54, 1.807) is 0 Å². The molecule has 4 fully saturated rings. The Morgan fingerprint density at radius 1 is 0.197 bits per heavy atom. The van der Waals surface area contributed by atoms with Crippen molar-refractivity contribution in [2.24, 2.45) is 0 Å². The van der Waals surface area contributed by atoms with Crippen LogP contribution in [0.5, 0.6) is 0 Å². The Balaban J connectivity index is 1.10. The fourth-order valence-electron chi connectivity index (χ4n) is 12.6. The van der Waals surface area contributed by atoms with Gasteiger partial charge in [-0.3, -0.25) is 67.2 Å². The number of Topliss-reactive ketones (excluding diaryl/α,β-unsaturated/α-hetero) is 2. The Labute approximate surface area is 856 Å². The van der Waals surface area contributed by atoms with Crippen molar-refractivity contribution >= 4 is 94.5 Å². The topological polar surface area (TPSA) is 599 Å². The number of ketones is 2. The fraction of sp³-hybridized carbons (Fsp3) is 0.830. The summed E-state index contributed by atoms with van der Waals surface area (Å²) in [6.45, 7) is 13.0. The number of hydroxylamine groups is 6. The van der Waals surface area contributed by atoms with E-state index < -0.39 is 64.8 Å². The number of amides is 11. The van der Waals surface area contributed by atoms with Crippen molar-refractivity contribution in [3.8, 4) is 0 Å². The quantitative estimate of drug-likeness (QED) is 0.0452. The van der Waals surface area contributed by atoms with Gasteiger partial charge in [0.05, 0.1) is 363 Å². The predicted octanol–water partition coefficient (Wildman–Crippen LogP) is -1.69. The normalized spacial score (nSPS) is 13.9. The molecular weight excluding hydrogens is 1960 g/mol. The fourth-order valence-corrected chi connectivity index (χ4v) is 12.6. The summed E-state index contributed by atoms with van der Waals surface area (Å²) in [5.74, 6) is -7.48. The molecule has 0 aromatic heterocycles. The average molecular weight is 2120 g/mol. The first-order valence-electron chi connectivity index (χ1n) is 50.3. The number of hydrogen-bond donors (Lipinski definition) is 3. The summed E-state index contributed by atoms with van der Waals surface area (Å²) in [6, 6.07) is 0. The summed E-state index contributed by atoms with van der Waals surface area (Å²) in [5, 5.41) is 9.92. The van der Waals surface area contributed by atoms with Crippen LogP contribution in [-0.2, 0) is 219 Å². The molecule has 0 bridgehead atoms. The molecule has 4 aliphatic rings. The van der Waals surface area contributed by atoms with Crippen LogP contribution in [0.3, 0.4) is 0 Å². The molecule has 0 aliphatic carbocycles. The number of nitrogens with one attached hydrogen (secondary N) is 3. The maximum absolute atomic E-state index is 13.9. The molecule has 0 aromatic rings. The van der Waals surface area contributed by atoms with Gasteiger partial charge in [-0.15, -0.1) is 15.2 Å². The third kappa shape index (κ3) is 73.5. The van der Waals surface area contributed by atoms with Crippen LogP contribution in [-0.4, -0.2) is 496 Å². The number of ether oxygens (including phenoxy) is 27. The van der Waals surface area contributed by atoms with Crippen molar-refractivity contribution in [2.75, 3.05) is 376 Å². The first-order chi connectivity index (χ1) is 71.7. The number of carbonyl (C=O) groups excluding carboxylic acids is 16. The number of likely N-dealkylation sites (tertiary alicyclic amines) is 1. The standard InChI is InChI=1S/C94H157N7O46/c102-78(3-1-24-118-35-43-126-51-53-129-46-38-121-30-18-91(115)145-99-85(109)7-8-86(99)110)14-26-142-75-94(76-143-27-15-79(103)4-2-25-119-36-44-127-52-54-130-47-39-122-31-19-92(116)146-100-87(111)9-10-88(100)112,77-144-29-16-81(105)96-22-34-125-42-50-132-57-55-131-48-40-123-32-20-93(117)147-101-89(113)11-12-90(101)114)97-82(106)17-28-120-37-45-128-56-59-134-61-63-136-65-67-138-69-71-140-73-74-141-72-70-139-68-66-137-64-62-135-60-58-133-49-41-124-33-21-95-80(104)13-23-98-83(107)5-6-84(98)108/h1-77H2,(H,95,104)(H,96,105)(H,97,106). The first kappa shape index (κ1) is 131. The Morgan fingerprint density at radius 2 is 0.388 bits per heavy atom. The van der Waals surface area contributed by atoms with Crippen LogP contribution < -0.4 is 16.0 Å². The Bertz CT molecular complexity index is 3300. The summed E-state index contributed by atoms with van der Waals surface area (Å²) in [6.07, 6.45) is 0.998. The van der Waals surface area contributed by atoms with Gasteiger partial charge < -0.3 is 158 Å². The lowest BCUT2D eigenvalue weighted by molar-refractivity contribution is -0.198. The molecule has 4 aliphatic heterocycles. The highest BCUT2D eigenvalue weighted by molar-refractivity contribution is 6.04. The number of rotatable bonds is 108. The lowest BCUT2D eigenvalue weighted by Gasteiger charge is -2.34. The van der Waals surface area contributed by atoms with Crippen LogP contribution in [0.15, 0.2) is 0 Å². The first-order valence-corrected chi connectivity index (χ1v) is 50.3. The number of hydrogen-bond acceptors (Lipinski definition) is 46. The molecule has 4 saturated heterocycles. The van der Waals surface area contributed by atoms with Gasteiger partial charge >= 0.3 is 17.9 Å². The van der Waals surface area contributed by atoms with Crippen molar-refractivity contribution in [1.82, 2.24) is 36.0 Å². The number of carbonyl (C=O) groups is 16. The van der Waals surface area contributed by atoms with Gasteiger partial charge in [0.1, 0.15) is 17.1 Å². The Hall–Kier alpha value is -8.36. The highest BCUT2D eigenvalue weighted by Crippen LogP contribution is 2.18. The molecule has 0 radical (unpaired) electrons. The van der Waals surface area contributed by atoms with E-state index in [1.807, 2.05) is 0 Å². The highest BCUT2D eigenvalue weighted by atomic mass is 16.7. The lowest BCUT2D eigenvalue weighted by atomic mass is 10.0. The molecule has 3 N–H and O–H groups in total. The number of nitrogens with zero attached hydrogens (tertiary/aromatic N) is 4. The maximum Gasteiger partial charge on any atom is 0.335 e. The van der Waals surface area contributed by atoms with E-state index in [2.05, 4.69) is 16.0 Å². The zero-order valence-electron chi connectivity index (χ0n) is 85.0. The molecular formula is C94H157N7O46. The minimum absolute atomic E-state index is 0.00241. The second-order valence-electron chi connectivity index (χ2n) is 32.2. The monoisotopic (exact) mass is 2120 g/mol. The van der Waals surface area contributed by atoms with E-state index in [0.29, 0.717) is 167 Å². The number of imide groups is 4. The molecule has 4 heterocycles. The van der Waals surface area contributed by atoms with Gasteiger partial charge in [0.15, 0.2) is 0 Å². The minimum atomic E-state index is -1.42. The van der Waals surface area contributed by atoms with Crippen molar-refractivity contribution in [1.29, 1.82) is 0 Å². The molecule has 53 nitrogen and oxygen atoms in total. The van der Waals surface area contributed by atoms with Gasteiger partial charge in [0, 0.05) is 129 Å². The van der Waals surface area contributed by atoms with Crippen molar-refractivity contribution in [3.63, 3.8) is 0 Å². The van der Waals surface area contributed by atoms with Crippen LogP contribution >= 0.6 is 0 Å². The van der Waals surface area contributed by atoms with Crippen LogP contribution in [0.2, 0.25) is 0 Å².